The van der Waals surface area contributed by atoms with E-state index in [1.165, 1.54) is 5.56 Å². The lowest BCUT2D eigenvalue weighted by atomic mass is 9.99. The van der Waals surface area contributed by atoms with Crippen LogP contribution in [0.4, 0.5) is 0 Å². The van der Waals surface area contributed by atoms with Crippen LogP contribution < -0.4 is 10.6 Å². The standard InChI is InChI=1S/C17H21N3O.2ClH/c21-17(15-7-2-9-18-12-15)20-11-8-14-5-1-4-13-6-3-10-19-16(13)14;;/h1,3-6,10,15,18H,2,7-9,11-12H2,(H,20,21);2*1H/t15-;;/m1../s1. The maximum atomic E-state index is 12.1. The van der Waals surface area contributed by atoms with Gasteiger partial charge < -0.3 is 10.6 Å². The van der Waals surface area contributed by atoms with Crippen molar-refractivity contribution in [3.63, 3.8) is 0 Å². The molecule has 3 rings (SSSR count). The predicted octanol–water partition coefficient (Wildman–Crippen LogP) is 2.74. The molecule has 1 amide bonds. The van der Waals surface area contributed by atoms with Crippen molar-refractivity contribution >= 4 is 41.6 Å². The van der Waals surface area contributed by atoms with E-state index in [0.717, 1.165) is 43.3 Å². The van der Waals surface area contributed by atoms with Gasteiger partial charge in [0.2, 0.25) is 5.91 Å². The molecule has 2 heterocycles. The number of aromatic nitrogens is 1. The van der Waals surface area contributed by atoms with Gasteiger partial charge in [-0.1, -0.05) is 24.3 Å². The third-order valence-electron chi connectivity index (χ3n) is 4.08. The molecule has 0 radical (unpaired) electrons. The van der Waals surface area contributed by atoms with Crippen LogP contribution in [0.25, 0.3) is 10.9 Å². The Morgan fingerprint density at radius 1 is 1.26 bits per heavy atom. The lowest BCUT2D eigenvalue weighted by Gasteiger charge is -2.21. The molecule has 1 aliphatic heterocycles. The van der Waals surface area contributed by atoms with Gasteiger partial charge in [-0.25, -0.2) is 0 Å². The van der Waals surface area contributed by atoms with Gasteiger partial charge in [-0.05, 0) is 37.4 Å². The van der Waals surface area contributed by atoms with Gasteiger partial charge in [-0.15, -0.1) is 24.8 Å². The lowest BCUT2D eigenvalue weighted by Crippen LogP contribution is -2.41. The highest BCUT2D eigenvalue weighted by Gasteiger charge is 2.20. The Kier molecular flexibility index (Phi) is 8.31. The maximum absolute atomic E-state index is 12.1. The van der Waals surface area contributed by atoms with Gasteiger partial charge in [0.15, 0.2) is 0 Å². The number of nitrogens with zero attached hydrogens (tertiary/aromatic N) is 1. The summed E-state index contributed by atoms with van der Waals surface area (Å²) in [6.45, 7) is 2.51. The molecule has 1 aromatic carbocycles. The topological polar surface area (TPSA) is 54.0 Å². The number of benzene rings is 1. The summed E-state index contributed by atoms with van der Waals surface area (Å²) >= 11 is 0. The third-order valence-corrected chi connectivity index (χ3v) is 4.08. The zero-order chi connectivity index (χ0) is 14.5. The van der Waals surface area contributed by atoms with E-state index in [0.29, 0.717) is 6.54 Å². The number of fused-ring (bicyclic) bond motifs is 1. The lowest BCUT2D eigenvalue weighted by molar-refractivity contribution is -0.125. The Labute approximate surface area is 149 Å². The van der Waals surface area contributed by atoms with E-state index in [4.69, 9.17) is 0 Å². The molecular formula is C17H23Cl2N3O. The fourth-order valence-corrected chi connectivity index (χ4v) is 2.91. The smallest absolute Gasteiger partial charge is 0.224 e. The van der Waals surface area contributed by atoms with Crippen molar-refractivity contribution < 1.29 is 4.79 Å². The van der Waals surface area contributed by atoms with Crippen molar-refractivity contribution in [3.8, 4) is 0 Å². The first-order valence-corrected chi connectivity index (χ1v) is 7.65. The van der Waals surface area contributed by atoms with Crippen LogP contribution in [0.1, 0.15) is 18.4 Å². The van der Waals surface area contributed by atoms with Crippen LogP contribution in [-0.4, -0.2) is 30.5 Å². The molecule has 1 atom stereocenters. The normalized spacial score (nSPS) is 17.0. The largest absolute Gasteiger partial charge is 0.355 e. The van der Waals surface area contributed by atoms with E-state index in [9.17, 15) is 4.79 Å². The number of carbonyl (C=O) groups excluding carboxylic acids is 1. The second-order valence-corrected chi connectivity index (χ2v) is 5.58. The summed E-state index contributed by atoms with van der Waals surface area (Å²) in [5, 5.41) is 7.49. The number of halogens is 2. The Morgan fingerprint density at radius 2 is 2.09 bits per heavy atom. The highest BCUT2D eigenvalue weighted by Crippen LogP contribution is 2.16. The number of hydrogen-bond acceptors (Lipinski definition) is 3. The SMILES string of the molecule is Cl.Cl.O=C(NCCc1cccc2cccnc12)[C@@H]1CCCNC1. The number of carbonyl (C=O) groups is 1. The molecule has 1 saturated heterocycles. The first-order valence-electron chi connectivity index (χ1n) is 7.65. The second-order valence-electron chi connectivity index (χ2n) is 5.58. The van der Waals surface area contributed by atoms with E-state index >= 15 is 0 Å². The van der Waals surface area contributed by atoms with Gasteiger partial charge in [0.25, 0.3) is 0 Å². The van der Waals surface area contributed by atoms with Crippen LogP contribution >= 0.6 is 24.8 Å². The Balaban J connectivity index is 0.00000132. The molecule has 0 bridgehead atoms. The van der Waals surface area contributed by atoms with E-state index in [1.54, 1.807) is 0 Å². The van der Waals surface area contributed by atoms with Crippen molar-refractivity contribution in [2.45, 2.75) is 19.3 Å². The molecule has 1 fully saturated rings. The maximum Gasteiger partial charge on any atom is 0.224 e. The van der Waals surface area contributed by atoms with E-state index in [2.05, 4.69) is 33.8 Å². The van der Waals surface area contributed by atoms with Crippen LogP contribution in [0.15, 0.2) is 36.5 Å². The third kappa shape index (κ3) is 5.06. The molecule has 126 valence electrons. The summed E-state index contributed by atoms with van der Waals surface area (Å²) in [5.41, 5.74) is 2.23. The molecule has 0 spiro atoms. The molecule has 2 N–H and O–H groups in total. The number of amides is 1. The van der Waals surface area contributed by atoms with Gasteiger partial charge in [0.1, 0.15) is 0 Å². The van der Waals surface area contributed by atoms with Crippen molar-refractivity contribution in [2.24, 2.45) is 5.92 Å². The summed E-state index contributed by atoms with van der Waals surface area (Å²) in [4.78, 5) is 16.5. The van der Waals surface area contributed by atoms with Gasteiger partial charge >= 0.3 is 0 Å². The molecule has 0 saturated carbocycles. The van der Waals surface area contributed by atoms with Crippen molar-refractivity contribution in [1.29, 1.82) is 0 Å². The molecule has 23 heavy (non-hydrogen) atoms. The Morgan fingerprint density at radius 3 is 2.87 bits per heavy atom. The van der Waals surface area contributed by atoms with Crippen LogP contribution in [0.2, 0.25) is 0 Å². The van der Waals surface area contributed by atoms with Gasteiger partial charge in [0, 0.05) is 24.7 Å². The van der Waals surface area contributed by atoms with Crippen LogP contribution in [-0.2, 0) is 11.2 Å². The fourth-order valence-electron chi connectivity index (χ4n) is 2.91. The van der Waals surface area contributed by atoms with E-state index in [-0.39, 0.29) is 36.6 Å². The van der Waals surface area contributed by atoms with Crippen molar-refractivity contribution in [1.82, 2.24) is 15.6 Å². The zero-order valence-corrected chi connectivity index (χ0v) is 14.6. The molecule has 1 aliphatic rings. The number of para-hydroxylation sites is 1. The Hall–Kier alpha value is -1.36. The van der Waals surface area contributed by atoms with Gasteiger partial charge in [0.05, 0.1) is 11.4 Å². The van der Waals surface area contributed by atoms with Crippen LogP contribution in [0.3, 0.4) is 0 Å². The molecule has 6 heteroatoms. The molecule has 4 nitrogen and oxygen atoms in total. The predicted molar refractivity (Wildman–Crippen MR) is 98.5 cm³/mol. The number of hydrogen-bond donors (Lipinski definition) is 2. The van der Waals surface area contributed by atoms with Gasteiger partial charge in [-0.2, -0.15) is 0 Å². The minimum absolute atomic E-state index is 0. The Bertz CT molecular complexity index is 625. The molecule has 0 aliphatic carbocycles. The fraction of sp³-hybridized carbons (Fsp3) is 0.412. The summed E-state index contributed by atoms with van der Waals surface area (Å²) < 4.78 is 0. The summed E-state index contributed by atoms with van der Waals surface area (Å²) in [7, 11) is 0. The summed E-state index contributed by atoms with van der Waals surface area (Å²) in [6, 6.07) is 10.2. The highest BCUT2D eigenvalue weighted by atomic mass is 35.5. The second kappa shape index (κ2) is 9.71. The zero-order valence-electron chi connectivity index (χ0n) is 13.0. The van der Waals surface area contributed by atoms with Crippen molar-refractivity contribution in [3.05, 3.63) is 42.1 Å². The van der Waals surface area contributed by atoms with Crippen molar-refractivity contribution in [2.75, 3.05) is 19.6 Å². The number of piperidine rings is 1. The monoisotopic (exact) mass is 355 g/mol. The first-order chi connectivity index (χ1) is 10.3. The van der Waals surface area contributed by atoms with Crippen LogP contribution in [0.5, 0.6) is 0 Å². The quantitative estimate of drug-likeness (QED) is 0.886. The van der Waals surface area contributed by atoms with Crippen LogP contribution in [0, 0.1) is 5.92 Å². The average molecular weight is 356 g/mol. The number of pyridine rings is 1. The minimum Gasteiger partial charge on any atom is -0.355 e. The number of nitrogens with one attached hydrogen (secondary N) is 2. The number of rotatable bonds is 4. The molecular weight excluding hydrogens is 333 g/mol. The van der Waals surface area contributed by atoms with E-state index < -0.39 is 0 Å². The average Bonchev–Trinajstić information content (AvgIpc) is 2.56. The highest BCUT2D eigenvalue weighted by molar-refractivity contribution is 5.85. The molecule has 1 aromatic heterocycles. The molecule has 2 aromatic rings. The minimum atomic E-state index is 0. The van der Waals surface area contributed by atoms with E-state index in [1.807, 2.05) is 18.3 Å². The summed E-state index contributed by atoms with van der Waals surface area (Å²) in [5.74, 6) is 0.305. The summed E-state index contributed by atoms with van der Waals surface area (Å²) in [6.07, 6.45) is 4.72. The van der Waals surface area contributed by atoms with Gasteiger partial charge in [-0.3, -0.25) is 9.78 Å². The first kappa shape index (κ1) is 19.7. The molecule has 0 unspecified atom stereocenters.